The van der Waals surface area contributed by atoms with Gasteiger partial charge in [-0.3, -0.25) is 0 Å². The number of halogens is 1. The Balaban J connectivity index is 1.72. The highest BCUT2D eigenvalue weighted by atomic mass is 35.5. The number of H-pyrrole nitrogens is 1. The molecular formula is C21H18ClN3. The Morgan fingerprint density at radius 2 is 1.88 bits per heavy atom. The van der Waals surface area contributed by atoms with Crippen LogP contribution >= 0.6 is 11.6 Å². The van der Waals surface area contributed by atoms with Crippen LogP contribution in [0.3, 0.4) is 0 Å². The minimum atomic E-state index is 0.745. The second-order valence-electron chi connectivity index (χ2n) is 6.79. The number of hydrogen-bond acceptors (Lipinski definition) is 1. The Kier molecular flexibility index (Phi) is 3.42. The molecule has 1 aliphatic carbocycles. The Hall–Kier alpha value is -2.52. The first-order chi connectivity index (χ1) is 12.3. The van der Waals surface area contributed by atoms with Crippen molar-refractivity contribution in [2.45, 2.75) is 19.4 Å². The Labute approximate surface area is 151 Å². The lowest BCUT2D eigenvalue weighted by molar-refractivity contribution is 0.632. The van der Waals surface area contributed by atoms with E-state index in [0.29, 0.717) is 0 Å². The number of aromatic amines is 1. The molecule has 1 fully saturated rings. The highest BCUT2D eigenvalue weighted by Crippen LogP contribution is 2.38. The summed E-state index contributed by atoms with van der Waals surface area (Å²) in [7, 11) is 0. The molecule has 5 rings (SSSR count). The van der Waals surface area contributed by atoms with E-state index in [2.05, 4.69) is 40.0 Å². The lowest BCUT2D eigenvalue weighted by atomic mass is 10.0. The third-order valence-electron chi connectivity index (χ3n) is 4.95. The van der Waals surface area contributed by atoms with E-state index in [-0.39, 0.29) is 0 Å². The topological polar surface area (TPSA) is 33.6 Å². The number of hydrogen-bond donors (Lipinski definition) is 1. The van der Waals surface area contributed by atoms with Crippen LogP contribution in [0.25, 0.3) is 33.4 Å². The van der Waals surface area contributed by atoms with Crippen LogP contribution in [0.2, 0.25) is 5.02 Å². The lowest BCUT2D eigenvalue weighted by Crippen LogP contribution is -2.00. The molecule has 0 spiro atoms. The van der Waals surface area contributed by atoms with Gasteiger partial charge in [-0.25, -0.2) is 4.98 Å². The molecular weight excluding hydrogens is 330 g/mol. The molecule has 1 N–H and O–H groups in total. The number of benzene rings is 2. The fraction of sp³-hybridized carbons (Fsp3) is 0.190. The minimum Gasteiger partial charge on any atom is -0.360 e. The minimum absolute atomic E-state index is 0.745. The van der Waals surface area contributed by atoms with Crippen LogP contribution in [0.1, 0.15) is 12.8 Å². The second-order valence-corrected chi connectivity index (χ2v) is 7.23. The number of rotatable bonds is 4. The zero-order chi connectivity index (χ0) is 16.8. The van der Waals surface area contributed by atoms with Crippen molar-refractivity contribution in [2.75, 3.05) is 0 Å². The molecule has 0 bridgehead atoms. The van der Waals surface area contributed by atoms with Gasteiger partial charge in [0.15, 0.2) is 0 Å². The van der Waals surface area contributed by atoms with Crippen LogP contribution < -0.4 is 0 Å². The van der Waals surface area contributed by atoms with Crippen molar-refractivity contribution < 1.29 is 0 Å². The summed E-state index contributed by atoms with van der Waals surface area (Å²) in [6.07, 6.45) is 6.73. The van der Waals surface area contributed by atoms with Crippen LogP contribution in [-0.4, -0.2) is 14.5 Å². The van der Waals surface area contributed by atoms with E-state index in [1.807, 2.05) is 30.6 Å². The molecule has 2 aromatic heterocycles. The van der Waals surface area contributed by atoms with Crippen molar-refractivity contribution in [2.24, 2.45) is 5.92 Å². The summed E-state index contributed by atoms with van der Waals surface area (Å²) < 4.78 is 2.32. The van der Waals surface area contributed by atoms with Gasteiger partial charge < -0.3 is 9.55 Å². The van der Waals surface area contributed by atoms with Gasteiger partial charge in [-0.15, -0.1) is 0 Å². The molecule has 0 atom stereocenters. The normalized spacial score (nSPS) is 14.3. The SMILES string of the molecule is Clc1ccc(-c2ncn(CC3CC3)c2-c2c[nH]c3ccccc23)cc1. The number of fused-ring (bicyclic) bond motifs is 1. The number of imidazole rings is 1. The Bertz CT molecular complexity index is 1040. The molecule has 25 heavy (non-hydrogen) atoms. The first-order valence-corrected chi connectivity index (χ1v) is 9.05. The molecule has 2 aromatic carbocycles. The molecule has 1 aliphatic rings. The molecule has 0 unspecified atom stereocenters. The lowest BCUT2D eigenvalue weighted by Gasteiger charge is -2.10. The average Bonchev–Trinajstić information content (AvgIpc) is 3.20. The summed E-state index contributed by atoms with van der Waals surface area (Å²) in [5, 5.41) is 1.98. The van der Waals surface area contributed by atoms with Crippen LogP contribution in [-0.2, 0) is 6.54 Å². The van der Waals surface area contributed by atoms with Gasteiger partial charge in [-0.05, 0) is 37.0 Å². The molecule has 2 heterocycles. The monoisotopic (exact) mass is 347 g/mol. The molecule has 0 saturated heterocycles. The average molecular weight is 348 g/mol. The molecule has 0 amide bonds. The van der Waals surface area contributed by atoms with Crippen molar-refractivity contribution in [1.29, 1.82) is 0 Å². The summed E-state index contributed by atoms with van der Waals surface area (Å²) in [5.41, 5.74) is 5.66. The van der Waals surface area contributed by atoms with Gasteiger partial charge in [0.1, 0.15) is 0 Å². The van der Waals surface area contributed by atoms with Gasteiger partial charge in [-0.1, -0.05) is 41.9 Å². The van der Waals surface area contributed by atoms with Gasteiger partial charge in [0, 0.05) is 39.8 Å². The van der Waals surface area contributed by atoms with Crippen molar-refractivity contribution in [3.63, 3.8) is 0 Å². The maximum atomic E-state index is 6.07. The summed E-state index contributed by atoms with van der Waals surface area (Å²) in [6.45, 7) is 1.04. The fourth-order valence-electron chi connectivity index (χ4n) is 3.47. The Morgan fingerprint density at radius 1 is 1.08 bits per heavy atom. The summed E-state index contributed by atoms with van der Waals surface area (Å²) >= 11 is 6.07. The fourth-order valence-corrected chi connectivity index (χ4v) is 3.59. The quantitative estimate of drug-likeness (QED) is 0.500. The highest BCUT2D eigenvalue weighted by molar-refractivity contribution is 6.30. The largest absolute Gasteiger partial charge is 0.360 e. The van der Waals surface area contributed by atoms with Gasteiger partial charge >= 0.3 is 0 Å². The van der Waals surface area contributed by atoms with E-state index >= 15 is 0 Å². The smallest absolute Gasteiger partial charge is 0.0964 e. The van der Waals surface area contributed by atoms with E-state index in [1.165, 1.54) is 29.5 Å². The third-order valence-corrected chi connectivity index (χ3v) is 5.20. The number of nitrogens with one attached hydrogen (secondary N) is 1. The number of para-hydroxylation sites is 1. The van der Waals surface area contributed by atoms with E-state index < -0.39 is 0 Å². The first-order valence-electron chi connectivity index (χ1n) is 8.67. The number of nitrogens with zero attached hydrogens (tertiary/aromatic N) is 2. The third kappa shape index (κ3) is 2.65. The first kappa shape index (κ1) is 14.8. The standard InChI is InChI=1S/C21H18ClN3/c22-16-9-7-15(8-10-16)20-21(25(13-24-20)12-14-5-6-14)18-11-23-19-4-2-1-3-17(18)19/h1-4,7-11,13-14,23H,5-6,12H2. The summed E-state index contributed by atoms with van der Waals surface area (Å²) in [4.78, 5) is 8.16. The van der Waals surface area contributed by atoms with E-state index in [9.17, 15) is 0 Å². The highest BCUT2D eigenvalue weighted by Gasteiger charge is 2.25. The van der Waals surface area contributed by atoms with Crippen LogP contribution in [0, 0.1) is 5.92 Å². The van der Waals surface area contributed by atoms with E-state index in [1.54, 1.807) is 0 Å². The molecule has 4 heteroatoms. The maximum absolute atomic E-state index is 6.07. The van der Waals surface area contributed by atoms with Gasteiger partial charge in [0.25, 0.3) is 0 Å². The van der Waals surface area contributed by atoms with Crippen molar-refractivity contribution >= 4 is 22.5 Å². The molecule has 0 radical (unpaired) electrons. The van der Waals surface area contributed by atoms with Crippen LogP contribution in [0.4, 0.5) is 0 Å². The van der Waals surface area contributed by atoms with Crippen LogP contribution in [0.15, 0.2) is 61.1 Å². The van der Waals surface area contributed by atoms with Crippen molar-refractivity contribution in [1.82, 2.24) is 14.5 Å². The van der Waals surface area contributed by atoms with Crippen LogP contribution in [0.5, 0.6) is 0 Å². The van der Waals surface area contributed by atoms with Crippen molar-refractivity contribution in [3.8, 4) is 22.5 Å². The zero-order valence-corrected chi connectivity index (χ0v) is 14.5. The Morgan fingerprint density at radius 3 is 2.68 bits per heavy atom. The van der Waals surface area contributed by atoms with E-state index in [4.69, 9.17) is 16.6 Å². The summed E-state index contributed by atoms with van der Waals surface area (Å²) in [5.74, 6) is 0.788. The van der Waals surface area contributed by atoms with Gasteiger partial charge in [-0.2, -0.15) is 0 Å². The maximum Gasteiger partial charge on any atom is 0.0964 e. The zero-order valence-electron chi connectivity index (χ0n) is 13.7. The predicted octanol–water partition coefficient (Wildman–Crippen LogP) is 5.76. The molecule has 124 valence electrons. The van der Waals surface area contributed by atoms with Gasteiger partial charge in [0.05, 0.1) is 17.7 Å². The second kappa shape index (κ2) is 5.78. The summed E-state index contributed by atoms with van der Waals surface area (Å²) in [6, 6.07) is 16.4. The molecule has 3 nitrogen and oxygen atoms in total. The van der Waals surface area contributed by atoms with Crippen molar-refractivity contribution in [3.05, 3.63) is 66.1 Å². The van der Waals surface area contributed by atoms with E-state index in [0.717, 1.165) is 34.3 Å². The molecule has 0 aliphatic heterocycles. The predicted molar refractivity (Wildman–Crippen MR) is 103 cm³/mol. The number of aromatic nitrogens is 3. The van der Waals surface area contributed by atoms with Gasteiger partial charge in [0.2, 0.25) is 0 Å². The molecule has 1 saturated carbocycles. The molecule has 4 aromatic rings.